The summed E-state index contributed by atoms with van der Waals surface area (Å²) in [5, 5.41) is 11.6. The second-order valence-electron chi connectivity index (χ2n) is 7.02. The Morgan fingerprint density at radius 2 is 2.30 bits per heavy atom. The summed E-state index contributed by atoms with van der Waals surface area (Å²) >= 11 is 0. The van der Waals surface area contributed by atoms with Crippen molar-refractivity contribution in [3.63, 3.8) is 0 Å². The summed E-state index contributed by atoms with van der Waals surface area (Å²) in [4.78, 5) is 14.8. The third-order valence-corrected chi connectivity index (χ3v) is 4.68. The quantitative estimate of drug-likeness (QED) is 0.892. The zero-order valence-corrected chi connectivity index (χ0v) is 14.2. The van der Waals surface area contributed by atoms with Gasteiger partial charge in [0.05, 0.1) is 5.52 Å². The Labute approximate surface area is 137 Å². The van der Waals surface area contributed by atoms with Gasteiger partial charge in [-0.2, -0.15) is 5.10 Å². The molecule has 1 amide bonds. The van der Waals surface area contributed by atoms with Crippen molar-refractivity contribution >= 4 is 16.8 Å². The summed E-state index contributed by atoms with van der Waals surface area (Å²) in [6, 6.07) is 6.21. The SMILES string of the molecule is CC(C)Cc1[nH]nc2ccc(C(=O)NC[C@@H]3CCCN3C)cc12. The number of hydrogen-bond acceptors (Lipinski definition) is 3. The molecule has 0 bridgehead atoms. The first-order chi connectivity index (χ1) is 11.0. The number of carbonyl (C=O) groups excluding carboxylic acids is 1. The molecule has 5 heteroatoms. The first-order valence-electron chi connectivity index (χ1n) is 8.50. The van der Waals surface area contributed by atoms with Gasteiger partial charge in [-0.05, 0) is 57.0 Å². The number of aromatic amines is 1. The number of H-pyrrole nitrogens is 1. The predicted octanol–water partition coefficient (Wildman–Crippen LogP) is 2.59. The fraction of sp³-hybridized carbons (Fsp3) is 0.556. The molecule has 0 unspecified atom stereocenters. The van der Waals surface area contributed by atoms with Crippen LogP contribution in [0.3, 0.4) is 0 Å². The Morgan fingerprint density at radius 1 is 1.48 bits per heavy atom. The standard InChI is InChI=1S/C18H26N4O/c1-12(2)9-17-15-10-13(6-7-16(15)20-21-17)18(23)19-11-14-5-4-8-22(14)3/h6-7,10,12,14H,4-5,8-9,11H2,1-3H3,(H,19,23)(H,20,21)/t14-/m0/s1. The van der Waals surface area contributed by atoms with E-state index in [9.17, 15) is 4.79 Å². The molecule has 1 saturated heterocycles. The van der Waals surface area contributed by atoms with Gasteiger partial charge in [-0.1, -0.05) is 13.8 Å². The molecule has 1 aromatic heterocycles. The van der Waals surface area contributed by atoms with Crippen LogP contribution < -0.4 is 5.32 Å². The number of nitrogens with one attached hydrogen (secondary N) is 2. The number of carbonyl (C=O) groups is 1. The molecule has 5 nitrogen and oxygen atoms in total. The van der Waals surface area contributed by atoms with Crippen LogP contribution in [0.1, 0.15) is 42.7 Å². The molecular weight excluding hydrogens is 288 g/mol. The topological polar surface area (TPSA) is 61.0 Å². The van der Waals surface area contributed by atoms with Gasteiger partial charge in [-0.25, -0.2) is 0 Å². The van der Waals surface area contributed by atoms with E-state index in [1.807, 2.05) is 18.2 Å². The first-order valence-corrected chi connectivity index (χ1v) is 8.50. The summed E-state index contributed by atoms with van der Waals surface area (Å²) < 4.78 is 0. The minimum atomic E-state index is 0.00361. The van der Waals surface area contributed by atoms with Crippen molar-refractivity contribution in [2.24, 2.45) is 5.92 Å². The largest absolute Gasteiger partial charge is 0.350 e. The van der Waals surface area contributed by atoms with Crippen LogP contribution in [0.25, 0.3) is 10.9 Å². The fourth-order valence-electron chi connectivity index (χ4n) is 3.32. The molecule has 0 aliphatic carbocycles. The highest BCUT2D eigenvalue weighted by Gasteiger charge is 2.21. The molecule has 0 radical (unpaired) electrons. The van der Waals surface area contributed by atoms with E-state index >= 15 is 0 Å². The molecule has 1 aromatic carbocycles. The number of rotatable bonds is 5. The summed E-state index contributed by atoms with van der Waals surface area (Å²) in [5.41, 5.74) is 2.75. The lowest BCUT2D eigenvalue weighted by Crippen LogP contribution is -2.38. The van der Waals surface area contributed by atoms with Gasteiger partial charge in [0.1, 0.15) is 0 Å². The predicted molar refractivity (Wildman–Crippen MR) is 92.6 cm³/mol. The Hall–Kier alpha value is -1.88. The van der Waals surface area contributed by atoms with Crippen LogP contribution in [0.2, 0.25) is 0 Å². The first kappa shape index (κ1) is 16.0. The van der Waals surface area contributed by atoms with Crippen LogP contribution in [-0.2, 0) is 6.42 Å². The van der Waals surface area contributed by atoms with Crippen molar-refractivity contribution < 1.29 is 4.79 Å². The Bertz CT molecular complexity index is 691. The lowest BCUT2D eigenvalue weighted by atomic mass is 10.0. The second kappa shape index (κ2) is 6.71. The van der Waals surface area contributed by atoms with Crippen LogP contribution in [0.15, 0.2) is 18.2 Å². The molecular formula is C18H26N4O. The van der Waals surface area contributed by atoms with E-state index in [2.05, 4.69) is 41.3 Å². The molecule has 0 saturated carbocycles. The second-order valence-corrected chi connectivity index (χ2v) is 7.02. The molecule has 0 spiro atoms. The van der Waals surface area contributed by atoms with E-state index in [4.69, 9.17) is 0 Å². The van der Waals surface area contributed by atoms with Gasteiger partial charge in [0.15, 0.2) is 0 Å². The molecule has 1 atom stereocenters. The average molecular weight is 314 g/mol. The van der Waals surface area contributed by atoms with Gasteiger partial charge in [0.25, 0.3) is 5.91 Å². The Morgan fingerprint density at radius 3 is 3.00 bits per heavy atom. The number of likely N-dealkylation sites (N-methyl/N-ethyl adjacent to an activating group) is 1. The van der Waals surface area contributed by atoms with Gasteiger partial charge in [-0.3, -0.25) is 9.89 Å². The highest BCUT2D eigenvalue weighted by atomic mass is 16.1. The molecule has 2 N–H and O–H groups in total. The smallest absolute Gasteiger partial charge is 0.251 e. The summed E-state index contributed by atoms with van der Waals surface area (Å²) in [5.74, 6) is 0.554. The van der Waals surface area contributed by atoms with Crippen molar-refractivity contribution in [2.75, 3.05) is 20.1 Å². The van der Waals surface area contributed by atoms with E-state index in [0.29, 0.717) is 17.5 Å². The average Bonchev–Trinajstić information content (AvgIpc) is 3.10. The van der Waals surface area contributed by atoms with Crippen molar-refractivity contribution in [1.29, 1.82) is 0 Å². The molecule has 1 aliphatic heterocycles. The van der Waals surface area contributed by atoms with E-state index < -0.39 is 0 Å². The monoisotopic (exact) mass is 314 g/mol. The molecule has 124 valence electrons. The van der Waals surface area contributed by atoms with Crippen molar-refractivity contribution in [1.82, 2.24) is 20.4 Å². The number of amides is 1. The molecule has 1 aliphatic rings. The molecule has 2 heterocycles. The van der Waals surface area contributed by atoms with E-state index in [1.165, 1.54) is 6.42 Å². The van der Waals surface area contributed by atoms with Crippen LogP contribution in [0.4, 0.5) is 0 Å². The number of aromatic nitrogens is 2. The van der Waals surface area contributed by atoms with Crippen molar-refractivity contribution in [3.05, 3.63) is 29.5 Å². The van der Waals surface area contributed by atoms with Crippen LogP contribution in [0.5, 0.6) is 0 Å². The van der Waals surface area contributed by atoms with E-state index in [0.717, 1.165) is 42.5 Å². The van der Waals surface area contributed by atoms with Crippen LogP contribution in [-0.4, -0.2) is 47.2 Å². The van der Waals surface area contributed by atoms with Gasteiger partial charge in [-0.15, -0.1) is 0 Å². The van der Waals surface area contributed by atoms with Gasteiger partial charge in [0, 0.05) is 29.2 Å². The fourth-order valence-corrected chi connectivity index (χ4v) is 3.32. The number of benzene rings is 1. The maximum atomic E-state index is 12.4. The number of likely N-dealkylation sites (tertiary alicyclic amines) is 1. The molecule has 3 rings (SSSR count). The maximum Gasteiger partial charge on any atom is 0.251 e. The Kier molecular flexibility index (Phi) is 4.66. The maximum absolute atomic E-state index is 12.4. The summed E-state index contributed by atoms with van der Waals surface area (Å²) in [6.07, 6.45) is 3.32. The van der Waals surface area contributed by atoms with Crippen LogP contribution >= 0.6 is 0 Å². The van der Waals surface area contributed by atoms with E-state index in [-0.39, 0.29) is 5.91 Å². The number of nitrogens with zero attached hydrogens (tertiary/aromatic N) is 2. The van der Waals surface area contributed by atoms with Crippen LogP contribution in [0, 0.1) is 5.92 Å². The lowest BCUT2D eigenvalue weighted by Gasteiger charge is -2.19. The number of fused-ring (bicyclic) bond motifs is 1. The van der Waals surface area contributed by atoms with Crippen molar-refractivity contribution in [2.45, 2.75) is 39.2 Å². The lowest BCUT2D eigenvalue weighted by molar-refractivity contribution is 0.0944. The molecule has 2 aromatic rings. The highest BCUT2D eigenvalue weighted by Crippen LogP contribution is 2.20. The minimum absolute atomic E-state index is 0.00361. The summed E-state index contributed by atoms with van der Waals surface area (Å²) in [6.45, 7) is 6.21. The normalized spacial score (nSPS) is 18.9. The summed E-state index contributed by atoms with van der Waals surface area (Å²) in [7, 11) is 2.12. The Balaban J connectivity index is 1.72. The van der Waals surface area contributed by atoms with Gasteiger partial charge < -0.3 is 10.2 Å². The van der Waals surface area contributed by atoms with Crippen molar-refractivity contribution in [3.8, 4) is 0 Å². The third-order valence-electron chi connectivity index (χ3n) is 4.68. The number of hydrogen-bond donors (Lipinski definition) is 2. The zero-order chi connectivity index (χ0) is 16.4. The van der Waals surface area contributed by atoms with Gasteiger partial charge in [0.2, 0.25) is 0 Å². The molecule has 1 fully saturated rings. The van der Waals surface area contributed by atoms with E-state index in [1.54, 1.807) is 0 Å². The van der Waals surface area contributed by atoms with Gasteiger partial charge >= 0.3 is 0 Å². The third kappa shape index (κ3) is 3.55. The minimum Gasteiger partial charge on any atom is -0.350 e. The highest BCUT2D eigenvalue weighted by molar-refractivity contribution is 5.98. The zero-order valence-electron chi connectivity index (χ0n) is 14.2. The molecule has 23 heavy (non-hydrogen) atoms.